The fourth-order valence-corrected chi connectivity index (χ4v) is 7.13. The second-order valence-electron chi connectivity index (χ2n) is 12.8. The average molecular weight is 652 g/mol. The zero-order chi connectivity index (χ0) is 33.7. The number of rotatable bonds is 5. The highest BCUT2D eigenvalue weighted by molar-refractivity contribution is 6.21. The molecule has 51 heavy (non-hydrogen) atoms. The summed E-state index contributed by atoms with van der Waals surface area (Å²) in [5, 5.41) is 6.58. The van der Waals surface area contributed by atoms with Crippen molar-refractivity contribution in [1.29, 1.82) is 0 Å². The molecule has 0 N–H and O–H groups in total. The minimum absolute atomic E-state index is 0.598. The third kappa shape index (κ3) is 5.13. The molecule has 0 spiro atoms. The van der Waals surface area contributed by atoms with Gasteiger partial charge in [-0.3, -0.25) is 0 Å². The van der Waals surface area contributed by atoms with E-state index in [0.29, 0.717) is 17.5 Å². The van der Waals surface area contributed by atoms with E-state index in [9.17, 15) is 0 Å². The molecule has 0 saturated heterocycles. The maximum Gasteiger partial charge on any atom is 0.164 e. The number of aromatic nitrogens is 3. The van der Waals surface area contributed by atoms with E-state index in [2.05, 4.69) is 127 Å². The van der Waals surface area contributed by atoms with Crippen molar-refractivity contribution in [3.8, 4) is 56.4 Å². The minimum Gasteiger partial charge on any atom is -0.455 e. The van der Waals surface area contributed by atoms with Crippen molar-refractivity contribution < 1.29 is 4.42 Å². The Morgan fingerprint density at radius 3 is 1.63 bits per heavy atom. The Kier molecular flexibility index (Phi) is 6.78. The van der Waals surface area contributed by atoms with Crippen molar-refractivity contribution in [1.82, 2.24) is 15.0 Å². The fourth-order valence-electron chi connectivity index (χ4n) is 7.13. The van der Waals surface area contributed by atoms with Crippen molar-refractivity contribution in [2.24, 2.45) is 0 Å². The van der Waals surface area contributed by atoms with Crippen molar-refractivity contribution in [2.75, 3.05) is 0 Å². The van der Waals surface area contributed by atoms with Gasteiger partial charge in [0.15, 0.2) is 17.5 Å². The molecule has 0 aliphatic carbocycles. The Bertz CT molecular complexity index is 2900. The molecule has 10 aromatic rings. The monoisotopic (exact) mass is 651 g/mol. The molecule has 4 nitrogen and oxygen atoms in total. The molecule has 8 aromatic carbocycles. The third-order valence-electron chi connectivity index (χ3n) is 9.70. The van der Waals surface area contributed by atoms with Gasteiger partial charge in [-0.1, -0.05) is 146 Å². The normalized spacial score (nSPS) is 11.5. The number of para-hydroxylation sites is 1. The lowest BCUT2D eigenvalue weighted by Gasteiger charge is -2.12. The Morgan fingerprint density at radius 2 is 0.863 bits per heavy atom. The molecule has 238 valence electrons. The predicted molar refractivity (Wildman–Crippen MR) is 209 cm³/mol. The second-order valence-corrected chi connectivity index (χ2v) is 12.8. The number of hydrogen-bond donors (Lipinski definition) is 0. The van der Waals surface area contributed by atoms with Gasteiger partial charge in [0.1, 0.15) is 11.2 Å². The van der Waals surface area contributed by atoms with Crippen LogP contribution in [-0.2, 0) is 0 Å². The van der Waals surface area contributed by atoms with E-state index in [1.165, 1.54) is 16.3 Å². The second kappa shape index (κ2) is 11.9. The van der Waals surface area contributed by atoms with Crippen molar-refractivity contribution in [3.05, 3.63) is 176 Å². The zero-order valence-electron chi connectivity index (χ0n) is 27.5. The lowest BCUT2D eigenvalue weighted by atomic mass is 9.96. The van der Waals surface area contributed by atoms with Crippen LogP contribution in [0, 0.1) is 0 Å². The smallest absolute Gasteiger partial charge is 0.164 e. The SMILES string of the molecule is c1ccc(-c2ccc3c(c2)cc(-c2nc(-c4ccccc4)nc(-c4ccc(-c5ccc6ccccc6c5)cc4)n2)c2c4ccccc4oc32)cc1. The van der Waals surface area contributed by atoms with Gasteiger partial charge in [-0.2, -0.15) is 0 Å². The average Bonchev–Trinajstić information content (AvgIpc) is 3.61. The molecule has 0 aliphatic heterocycles. The van der Waals surface area contributed by atoms with Crippen LogP contribution in [0.15, 0.2) is 180 Å². The quantitative estimate of drug-likeness (QED) is 0.186. The van der Waals surface area contributed by atoms with Gasteiger partial charge in [-0.05, 0) is 68.7 Å². The maximum atomic E-state index is 6.61. The van der Waals surface area contributed by atoms with Crippen LogP contribution in [-0.4, -0.2) is 15.0 Å². The first kappa shape index (κ1) is 29.0. The highest BCUT2D eigenvalue weighted by atomic mass is 16.3. The van der Waals surface area contributed by atoms with Gasteiger partial charge in [0.05, 0.1) is 0 Å². The summed E-state index contributed by atoms with van der Waals surface area (Å²) in [4.78, 5) is 15.4. The first-order valence-corrected chi connectivity index (χ1v) is 17.1. The highest BCUT2D eigenvalue weighted by Crippen LogP contribution is 2.42. The predicted octanol–water partition coefficient (Wildman–Crippen LogP) is 12.4. The molecule has 4 heteroatoms. The van der Waals surface area contributed by atoms with Crippen LogP contribution < -0.4 is 0 Å². The van der Waals surface area contributed by atoms with Crippen molar-refractivity contribution in [2.45, 2.75) is 0 Å². The minimum atomic E-state index is 0.598. The van der Waals surface area contributed by atoms with E-state index in [1.54, 1.807) is 0 Å². The van der Waals surface area contributed by atoms with Crippen LogP contribution in [0.25, 0.3) is 99.9 Å². The summed E-state index contributed by atoms with van der Waals surface area (Å²) in [6.45, 7) is 0. The Hall–Kier alpha value is -6.91. The first-order chi connectivity index (χ1) is 25.2. The lowest BCUT2D eigenvalue weighted by Crippen LogP contribution is -2.00. The summed E-state index contributed by atoms with van der Waals surface area (Å²) < 4.78 is 6.61. The maximum absolute atomic E-state index is 6.61. The lowest BCUT2D eigenvalue weighted by molar-refractivity contribution is 0.672. The van der Waals surface area contributed by atoms with Gasteiger partial charge in [0.2, 0.25) is 0 Å². The van der Waals surface area contributed by atoms with Crippen molar-refractivity contribution >= 4 is 43.5 Å². The Labute approximate surface area is 294 Å². The van der Waals surface area contributed by atoms with Gasteiger partial charge in [-0.15, -0.1) is 0 Å². The molecule has 0 bridgehead atoms. The van der Waals surface area contributed by atoms with Crippen LogP contribution in [0.4, 0.5) is 0 Å². The standard InChI is InChI=1S/C47H29N3O/c1-3-11-30(12-4-1)37-25-26-39-38(28-37)29-41(43-40-17-9-10-18-42(40)51-44(39)43)47-49-45(33-14-5-2-6-15-33)48-46(50-47)34-22-19-32(20-23-34)36-24-21-31-13-7-8-16-35(31)27-36/h1-29H. The molecule has 0 fully saturated rings. The Balaban J connectivity index is 1.18. The van der Waals surface area contributed by atoms with Gasteiger partial charge < -0.3 is 4.42 Å². The summed E-state index contributed by atoms with van der Waals surface area (Å²) in [6, 6.07) is 61.1. The van der Waals surface area contributed by atoms with Crippen molar-refractivity contribution in [3.63, 3.8) is 0 Å². The van der Waals surface area contributed by atoms with Crippen LogP contribution >= 0.6 is 0 Å². The number of hydrogen-bond acceptors (Lipinski definition) is 4. The first-order valence-electron chi connectivity index (χ1n) is 17.1. The van der Waals surface area contributed by atoms with E-state index < -0.39 is 0 Å². The topological polar surface area (TPSA) is 51.8 Å². The highest BCUT2D eigenvalue weighted by Gasteiger charge is 2.20. The van der Waals surface area contributed by atoms with E-state index >= 15 is 0 Å². The van der Waals surface area contributed by atoms with E-state index in [4.69, 9.17) is 19.4 Å². The third-order valence-corrected chi connectivity index (χ3v) is 9.70. The van der Waals surface area contributed by atoms with Crippen LogP contribution in [0.3, 0.4) is 0 Å². The molecule has 0 amide bonds. The van der Waals surface area contributed by atoms with Gasteiger partial charge in [-0.25, -0.2) is 15.0 Å². The molecule has 0 aliphatic rings. The number of fused-ring (bicyclic) bond motifs is 6. The molecule has 0 atom stereocenters. The molecule has 0 saturated carbocycles. The fraction of sp³-hybridized carbons (Fsp3) is 0. The molecular weight excluding hydrogens is 623 g/mol. The molecule has 2 aromatic heterocycles. The molecule has 0 radical (unpaired) electrons. The molecule has 0 unspecified atom stereocenters. The summed E-state index contributed by atoms with van der Waals surface area (Å²) in [5.74, 6) is 1.83. The summed E-state index contributed by atoms with van der Waals surface area (Å²) in [5.41, 5.74) is 9.00. The number of nitrogens with zero attached hydrogens (tertiary/aromatic N) is 3. The van der Waals surface area contributed by atoms with Gasteiger partial charge >= 0.3 is 0 Å². The number of benzene rings is 8. The van der Waals surface area contributed by atoms with Crippen LogP contribution in [0.1, 0.15) is 0 Å². The molecule has 2 heterocycles. The van der Waals surface area contributed by atoms with Gasteiger partial charge in [0, 0.05) is 32.8 Å². The summed E-state index contributed by atoms with van der Waals surface area (Å²) in [7, 11) is 0. The van der Waals surface area contributed by atoms with Crippen LogP contribution in [0.5, 0.6) is 0 Å². The van der Waals surface area contributed by atoms with Crippen LogP contribution in [0.2, 0.25) is 0 Å². The van der Waals surface area contributed by atoms with Gasteiger partial charge in [0.25, 0.3) is 0 Å². The summed E-state index contributed by atoms with van der Waals surface area (Å²) in [6.07, 6.45) is 0. The largest absolute Gasteiger partial charge is 0.455 e. The molecular formula is C47H29N3O. The Morgan fingerprint density at radius 1 is 0.333 bits per heavy atom. The zero-order valence-corrected chi connectivity index (χ0v) is 27.5. The number of furan rings is 1. The van der Waals surface area contributed by atoms with E-state index in [1.807, 2.05) is 48.5 Å². The van der Waals surface area contributed by atoms with E-state index in [-0.39, 0.29) is 0 Å². The molecule has 10 rings (SSSR count). The summed E-state index contributed by atoms with van der Waals surface area (Å²) >= 11 is 0. The van der Waals surface area contributed by atoms with E-state index in [0.717, 1.165) is 66.1 Å².